The van der Waals surface area contributed by atoms with Crippen molar-refractivity contribution in [1.82, 2.24) is 5.32 Å². The van der Waals surface area contributed by atoms with Gasteiger partial charge in [-0.15, -0.1) is 0 Å². The van der Waals surface area contributed by atoms with Gasteiger partial charge in [0.25, 0.3) is 0 Å². The van der Waals surface area contributed by atoms with Gasteiger partial charge in [0.1, 0.15) is 0 Å². The first-order valence-electron chi connectivity index (χ1n) is 8.39. The maximum atomic E-state index is 12.2. The normalized spacial score (nSPS) is 23.3. The van der Waals surface area contributed by atoms with E-state index in [2.05, 4.69) is 26.1 Å². The minimum absolute atomic E-state index is 0.0155. The Kier molecular flexibility index (Phi) is 5.45. The molecule has 0 aromatic heterocycles. The van der Waals surface area contributed by atoms with Crippen molar-refractivity contribution < 1.29 is 14.7 Å². The minimum atomic E-state index is -0.941. The molecular weight excluding hydrogens is 290 g/mol. The van der Waals surface area contributed by atoms with Gasteiger partial charge >= 0.3 is 5.97 Å². The molecule has 0 aliphatic heterocycles. The van der Waals surface area contributed by atoms with Crippen molar-refractivity contribution in [3.63, 3.8) is 0 Å². The van der Waals surface area contributed by atoms with Crippen molar-refractivity contribution in [2.24, 2.45) is 11.3 Å². The molecule has 1 saturated carbocycles. The zero-order chi connectivity index (χ0) is 17.0. The van der Waals surface area contributed by atoms with Gasteiger partial charge in [-0.05, 0) is 48.6 Å². The number of hydrogen-bond donors (Lipinski definition) is 2. The fourth-order valence-corrected chi connectivity index (χ4v) is 3.64. The average molecular weight is 317 g/mol. The highest BCUT2D eigenvalue weighted by Crippen LogP contribution is 2.38. The summed E-state index contributed by atoms with van der Waals surface area (Å²) in [4.78, 5) is 23.4. The van der Waals surface area contributed by atoms with E-state index in [1.807, 2.05) is 6.07 Å². The molecule has 1 amide bonds. The lowest BCUT2D eigenvalue weighted by Gasteiger charge is -2.39. The van der Waals surface area contributed by atoms with Crippen LogP contribution in [0.3, 0.4) is 0 Å². The Morgan fingerprint density at radius 1 is 1.30 bits per heavy atom. The standard InChI is InChI=1S/C19H27NO3/c1-13-12-19(2,3)11-10-16(13)20-17(21)9-8-14-6-4-5-7-15(14)18(22)23/h4-7,13,16H,8-12H2,1-3H3,(H,20,21)(H,22,23). The van der Waals surface area contributed by atoms with Gasteiger partial charge in [-0.25, -0.2) is 4.79 Å². The highest BCUT2D eigenvalue weighted by molar-refractivity contribution is 5.89. The lowest BCUT2D eigenvalue weighted by Crippen LogP contribution is -2.44. The molecule has 2 unspecified atom stereocenters. The molecule has 0 spiro atoms. The van der Waals surface area contributed by atoms with Gasteiger partial charge in [-0.3, -0.25) is 4.79 Å². The van der Waals surface area contributed by atoms with Crippen molar-refractivity contribution in [3.05, 3.63) is 35.4 Å². The van der Waals surface area contributed by atoms with E-state index < -0.39 is 5.97 Å². The van der Waals surface area contributed by atoms with Crippen LogP contribution in [0.5, 0.6) is 0 Å². The second kappa shape index (κ2) is 7.16. The highest BCUT2D eigenvalue weighted by atomic mass is 16.4. The molecule has 0 radical (unpaired) electrons. The van der Waals surface area contributed by atoms with Crippen LogP contribution < -0.4 is 5.32 Å². The Bertz CT molecular complexity index is 580. The summed E-state index contributed by atoms with van der Waals surface area (Å²) in [6, 6.07) is 7.12. The third kappa shape index (κ3) is 4.81. The fourth-order valence-electron chi connectivity index (χ4n) is 3.64. The zero-order valence-electron chi connectivity index (χ0n) is 14.3. The lowest BCUT2D eigenvalue weighted by atomic mass is 9.70. The second-order valence-electron chi connectivity index (χ2n) is 7.52. The Morgan fingerprint density at radius 3 is 2.65 bits per heavy atom. The summed E-state index contributed by atoms with van der Waals surface area (Å²) >= 11 is 0. The largest absolute Gasteiger partial charge is 0.478 e. The van der Waals surface area contributed by atoms with Crippen molar-refractivity contribution in [1.29, 1.82) is 0 Å². The van der Waals surface area contributed by atoms with Gasteiger partial charge in [0.05, 0.1) is 5.56 Å². The monoisotopic (exact) mass is 317 g/mol. The predicted molar refractivity (Wildman–Crippen MR) is 90.4 cm³/mol. The summed E-state index contributed by atoms with van der Waals surface area (Å²) in [6.45, 7) is 6.76. The molecule has 2 N–H and O–H groups in total. The Hall–Kier alpha value is -1.84. The SMILES string of the molecule is CC1CC(C)(C)CCC1NC(=O)CCc1ccccc1C(=O)O. The van der Waals surface area contributed by atoms with E-state index in [0.717, 1.165) is 19.3 Å². The molecule has 2 atom stereocenters. The number of amides is 1. The Balaban J connectivity index is 1.88. The van der Waals surface area contributed by atoms with Crippen LogP contribution >= 0.6 is 0 Å². The smallest absolute Gasteiger partial charge is 0.335 e. The molecule has 23 heavy (non-hydrogen) atoms. The van der Waals surface area contributed by atoms with Crippen molar-refractivity contribution >= 4 is 11.9 Å². The lowest BCUT2D eigenvalue weighted by molar-refractivity contribution is -0.122. The summed E-state index contributed by atoms with van der Waals surface area (Å²) in [7, 11) is 0. The van der Waals surface area contributed by atoms with Crippen LogP contribution in [0.2, 0.25) is 0 Å². The number of rotatable bonds is 5. The summed E-state index contributed by atoms with van der Waals surface area (Å²) in [5, 5.41) is 12.3. The van der Waals surface area contributed by atoms with Gasteiger partial charge in [-0.1, -0.05) is 39.0 Å². The van der Waals surface area contributed by atoms with Gasteiger partial charge in [0.15, 0.2) is 0 Å². The van der Waals surface area contributed by atoms with E-state index in [-0.39, 0.29) is 17.5 Å². The first kappa shape index (κ1) is 17.5. The van der Waals surface area contributed by atoms with E-state index >= 15 is 0 Å². The molecule has 1 aromatic rings. The summed E-state index contributed by atoms with van der Waals surface area (Å²) in [6.07, 6.45) is 4.06. The Labute approximate surface area is 138 Å². The van der Waals surface area contributed by atoms with Crippen molar-refractivity contribution in [2.45, 2.75) is 58.9 Å². The number of carbonyl (C=O) groups is 2. The van der Waals surface area contributed by atoms with Crippen LogP contribution in [-0.4, -0.2) is 23.0 Å². The van der Waals surface area contributed by atoms with Crippen LogP contribution in [-0.2, 0) is 11.2 Å². The third-order valence-corrected chi connectivity index (χ3v) is 4.91. The van der Waals surface area contributed by atoms with Crippen LogP contribution in [0.15, 0.2) is 24.3 Å². The number of nitrogens with one attached hydrogen (secondary N) is 1. The first-order valence-corrected chi connectivity index (χ1v) is 8.39. The molecule has 1 aliphatic carbocycles. The van der Waals surface area contributed by atoms with Crippen molar-refractivity contribution in [3.8, 4) is 0 Å². The van der Waals surface area contributed by atoms with Crippen molar-refractivity contribution in [2.75, 3.05) is 0 Å². The first-order chi connectivity index (χ1) is 10.8. The average Bonchev–Trinajstić information content (AvgIpc) is 2.48. The molecule has 2 rings (SSSR count). The van der Waals surface area contributed by atoms with Crippen LogP contribution in [0.1, 0.15) is 62.4 Å². The number of aryl methyl sites for hydroxylation is 1. The van der Waals surface area contributed by atoms with E-state index in [1.54, 1.807) is 18.2 Å². The van der Waals surface area contributed by atoms with E-state index in [9.17, 15) is 14.7 Å². The van der Waals surface area contributed by atoms with Crippen LogP contribution in [0.25, 0.3) is 0 Å². The summed E-state index contributed by atoms with van der Waals surface area (Å²) in [5.74, 6) is -0.445. The number of hydrogen-bond acceptors (Lipinski definition) is 2. The molecule has 1 aliphatic rings. The molecular formula is C19H27NO3. The van der Waals surface area contributed by atoms with E-state index in [1.165, 1.54) is 0 Å². The molecule has 4 heteroatoms. The van der Waals surface area contributed by atoms with Gasteiger partial charge < -0.3 is 10.4 Å². The number of carbonyl (C=O) groups excluding carboxylic acids is 1. The van der Waals surface area contributed by atoms with Gasteiger partial charge in [0.2, 0.25) is 5.91 Å². The Morgan fingerprint density at radius 2 is 2.00 bits per heavy atom. The van der Waals surface area contributed by atoms with E-state index in [4.69, 9.17) is 0 Å². The highest BCUT2D eigenvalue weighted by Gasteiger charge is 2.32. The number of benzene rings is 1. The molecule has 1 aromatic carbocycles. The topological polar surface area (TPSA) is 66.4 Å². The summed E-state index contributed by atoms with van der Waals surface area (Å²) < 4.78 is 0. The van der Waals surface area contributed by atoms with Gasteiger partial charge in [-0.2, -0.15) is 0 Å². The van der Waals surface area contributed by atoms with E-state index in [0.29, 0.717) is 29.7 Å². The molecule has 0 heterocycles. The fraction of sp³-hybridized carbons (Fsp3) is 0.579. The molecule has 1 fully saturated rings. The molecule has 126 valence electrons. The number of carboxylic acid groups (broad SMARTS) is 1. The minimum Gasteiger partial charge on any atom is -0.478 e. The molecule has 4 nitrogen and oxygen atoms in total. The summed E-state index contributed by atoms with van der Waals surface area (Å²) in [5.41, 5.74) is 1.36. The number of aromatic carboxylic acids is 1. The predicted octanol–water partition coefficient (Wildman–Crippen LogP) is 3.65. The molecule has 0 saturated heterocycles. The quantitative estimate of drug-likeness (QED) is 0.871. The van der Waals surface area contributed by atoms with Crippen LogP contribution in [0, 0.1) is 11.3 Å². The second-order valence-corrected chi connectivity index (χ2v) is 7.52. The van der Waals surface area contributed by atoms with Gasteiger partial charge in [0, 0.05) is 12.5 Å². The maximum Gasteiger partial charge on any atom is 0.335 e. The van der Waals surface area contributed by atoms with Crippen LogP contribution in [0.4, 0.5) is 0 Å². The third-order valence-electron chi connectivity index (χ3n) is 4.91. The molecule has 0 bridgehead atoms. The maximum absolute atomic E-state index is 12.2. The number of carboxylic acids is 1. The zero-order valence-corrected chi connectivity index (χ0v) is 14.3.